The third-order valence-corrected chi connectivity index (χ3v) is 4.12. The van der Waals surface area contributed by atoms with Gasteiger partial charge in [0.25, 0.3) is 0 Å². The third kappa shape index (κ3) is 3.76. The van der Waals surface area contributed by atoms with Crippen LogP contribution in [0, 0.1) is 0 Å². The summed E-state index contributed by atoms with van der Waals surface area (Å²) in [4.78, 5) is 12.2. The minimum absolute atomic E-state index is 0.0260. The summed E-state index contributed by atoms with van der Waals surface area (Å²) in [6.45, 7) is 4.07. The Kier molecular flexibility index (Phi) is 5.23. The molecule has 0 aliphatic rings. The molecular weight excluding hydrogens is 330 g/mol. The number of rotatable bonds is 5. The molecule has 0 saturated carbocycles. The first-order chi connectivity index (χ1) is 10.0. The number of methoxy groups -OCH3 is 1. The Morgan fingerprint density at radius 1 is 1.33 bits per heavy atom. The summed E-state index contributed by atoms with van der Waals surface area (Å²) in [5.41, 5.74) is 0.934. The minimum atomic E-state index is 0.0260. The fourth-order valence-electron chi connectivity index (χ4n) is 2.31. The lowest BCUT2D eigenvalue weighted by atomic mass is 10.0. The van der Waals surface area contributed by atoms with Gasteiger partial charge >= 0.3 is 0 Å². The number of carbonyl (C=O) groups is 1. The van der Waals surface area contributed by atoms with Crippen LogP contribution in [-0.2, 0) is 11.2 Å². The first kappa shape index (κ1) is 15.8. The first-order valence-electron chi connectivity index (χ1n) is 7.09. The van der Waals surface area contributed by atoms with Gasteiger partial charge in [0.05, 0.1) is 13.5 Å². The molecular formula is C17H20BrNO2. The van der Waals surface area contributed by atoms with E-state index in [1.165, 1.54) is 0 Å². The Morgan fingerprint density at radius 2 is 2.10 bits per heavy atom. The Hall–Kier alpha value is -1.55. The van der Waals surface area contributed by atoms with Crippen LogP contribution in [-0.4, -0.2) is 19.1 Å². The highest BCUT2D eigenvalue weighted by atomic mass is 79.9. The Balaban J connectivity index is 2.38. The third-order valence-electron chi connectivity index (χ3n) is 3.63. The maximum absolute atomic E-state index is 12.2. The number of carbonyl (C=O) groups excluding carboxylic acids is 1. The molecule has 2 aromatic carbocycles. The maximum Gasteiger partial charge on any atom is 0.224 e. The summed E-state index contributed by atoms with van der Waals surface area (Å²) < 4.78 is 6.45. The lowest BCUT2D eigenvalue weighted by molar-refractivity contribution is -0.121. The molecule has 0 saturated heterocycles. The number of hydrogen-bond acceptors (Lipinski definition) is 2. The van der Waals surface area contributed by atoms with Gasteiger partial charge in [-0.3, -0.25) is 4.79 Å². The van der Waals surface area contributed by atoms with Crippen LogP contribution >= 0.6 is 15.9 Å². The van der Waals surface area contributed by atoms with E-state index in [-0.39, 0.29) is 11.9 Å². The monoisotopic (exact) mass is 349 g/mol. The smallest absolute Gasteiger partial charge is 0.224 e. The van der Waals surface area contributed by atoms with Crippen molar-refractivity contribution in [1.29, 1.82) is 0 Å². The molecule has 4 heteroatoms. The summed E-state index contributed by atoms with van der Waals surface area (Å²) in [6.07, 6.45) is 1.25. The van der Waals surface area contributed by atoms with E-state index in [4.69, 9.17) is 4.74 Å². The van der Waals surface area contributed by atoms with E-state index in [1.807, 2.05) is 37.3 Å². The van der Waals surface area contributed by atoms with Crippen molar-refractivity contribution in [2.45, 2.75) is 32.7 Å². The second-order valence-electron chi connectivity index (χ2n) is 5.17. The van der Waals surface area contributed by atoms with Crippen molar-refractivity contribution in [3.05, 3.63) is 40.4 Å². The summed E-state index contributed by atoms with van der Waals surface area (Å²) in [5, 5.41) is 5.15. The fraction of sp³-hybridized carbons (Fsp3) is 0.353. The summed E-state index contributed by atoms with van der Waals surface area (Å²) in [7, 11) is 1.64. The van der Waals surface area contributed by atoms with Gasteiger partial charge in [-0.25, -0.2) is 0 Å². The van der Waals surface area contributed by atoms with Gasteiger partial charge in [-0.05, 0) is 42.3 Å². The van der Waals surface area contributed by atoms with Crippen molar-refractivity contribution < 1.29 is 9.53 Å². The number of halogens is 1. The quantitative estimate of drug-likeness (QED) is 0.883. The molecule has 2 rings (SSSR count). The molecule has 0 heterocycles. The average Bonchev–Trinajstić information content (AvgIpc) is 2.47. The van der Waals surface area contributed by atoms with Gasteiger partial charge in [0.2, 0.25) is 5.91 Å². The van der Waals surface area contributed by atoms with Gasteiger partial charge < -0.3 is 10.1 Å². The molecule has 0 aromatic heterocycles. The highest BCUT2D eigenvalue weighted by Crippen LogP contribution is 2.30. The largest absolute Gasteiger partial charge is 0.496 e. The van der Waals surface area contributed by atoms with E-state index in [9.17, 15) is 4.79 Å². The molecule has 2 aromatic rings. The Morgan fingerprint density at radius 3 is 2.76 bits per heavy atom. The highest BCUT2D eigenvalue weighted by molar-refractivity contribution is 9.10. The molecule has 0 aliphatic heterocycles. The standard InChI is InChI=1S/C17H20BrNO2/c1-4-11(2)19-17(20)10-15-14-7-6-13(18)9-12(14)5-8-16(15)21-3/h5-9,11H,4,10H2,1-3H3,(H,19,20)/t11-/m0/s1. The van der Waals surface area contributed by atoms with Crippen LogP contribution in [0.3, 0.4) is 0 Å². The fourth-order valence-corrected chi connectivity index (χ4v) is 2.69. The van der Waals surface area contributed by atoms with Crippen molar-refractivity contribution >= 4 is 32.6 Å². The van der Waals surface area contributed by atoms with Gasteiger partial charge in [0.1, 0.15) is 5.75 Å². The van der Waals surface area contributed by atoms with Gasteiger partial charge in [-0.15, -0.1) is 0 Å². The van der Waals surface area contributed by atoms with Crippen LogP contribution in [0.1, 0.15) is 25.8 Å². The SMILES string of the molecule is CC[C@H](C)NC(=O)Cc1c(OC)ccc2cc(Br)ccc12. The molecule has 1 amide bonds. The highest BCUT2D eigenvalue weighted by Gasteiger charge is 2.14. The molecule has 0 bridgehead atoms. The number of fused-ring (bicyclic) bond motifs is 1. The second kappa shape index (κ2) is 6.94. The lowest BCUT2D eigenvalue weighted by Crippen LogP contribution is -2.33. The molecule has 1 N–H and O–H groups in total. The van der Waals surface area contributed by atoms with Gasteiger partial charge in [-0.2, -0.15) is 0 Å². The van der Waals surface area contributed by atoms with Crippen LogP contribution in [0.2, 0.25) is 0 Å². The topological polar surface area (TPSA) is 38.3 Å². The van der Waals surface area contributed by atoms with Crippen LogP contribution in [0.15, 0.2) is 34.8 Å². The van der Waals surface area contributed by atoms with E-state index in [0.717, 1.165) is 33.0 Å². The van der Waals surface area contributed by atoms with Gasteiger partial charge in [0.15, 0.2) is 0 Å². The van der Waals surface area contributed by atoms with Gasteiger partial charge in [-0.1, -0.05) is 35.0 Å². The zero-order valence-electron chi connectivity index (χ0n) is 12.6. The van der Waals surface area contributed by atoms with Crippen LogP contribution in [0.25, 0.3) is 10.8 Å². The molecule has 0 aliphatic carbocycles. The molecule has 21 heavy (non-hydrogen) atoms. The predicted molar refractivity (Wildman–Crippen MR) is 89.8 cm³/mol. The lowest BCUT2D eigenvalue weighted by Gasteiger charge is -2.15. The number of amides is 1. The van der Waals surface area contributed by atoms with Crippen molar-refractivity contribution in [3.63, 3.8) is 0 Å². The zero-order valence-corrected chi connectivity index (χ0v) is 14.2. The predicted octanol–water partition coefficient (Wildman–Crippen LogP) is 4.07. The normalized spacial score (nSPS) is 12.2. The summed E-state index contributed by atoms with van der Waals surface area (Å²) in [5.74, 6) is 0.780. The average molecular weight is 350 g/mol. The second-order valence-corrected chi connectivity index (χ2v) is 6.08. The van der Waals surface area contributed by atoms with Crippen LogP contribution in [0.5, 0.6) is 5.75 Å². The Bertz CT molecular complexity index is 655. The number of ether oxygens (including phenoxy) is 1. The van der Waals surface area contributed by atoms with Crippen LogP contribution < -0.4 is 10.1 Å². The number of hydrogen-bond donors (Lipinski definition) is 1. The van der Waals surface area contributed by atoms with E-state index >= 15 is 0 Å². The van der Waals surface area contributed by atoms with Crippen molar-refractivity contribution in [1.82, 2.24) is 5.32 Å². The van der Waals surface area contributed by atoms with Crippen molar-refractivity contribution in [3.8, 4) is 5.75 Å². The van der Waals surface area contributed by atoms with E-state index in [0.29, 0.717) is 6.42 Å². The molecule has 0 spiro atoms. The number of benzene rings is 2. The summed E-state index contributed by atoms with van der Waals surface area (Å²) in [6, 6.07) is 10.2. The molecule has 0 fully saturated rings. The van der Waals surface area contributed by atoms with E-state index < -0.39 is 0 Å². The summed E-state index contributed by atoms with van der Waals surface area (Å²) >= 11 is 3.47. The van der Waals surface area contributed by atoms with Crippen molar-refractivity contribution in [2.24, 2.45) is 0 Å². The van der Waals surface area contributed by atoms with E-state index in [2.05, 4.69) is 28.2 Å². The molecule has 3 nitrogen and oxygen atoms in total. The maximum atomic E-state index is 12.2. The molecule has 0 unspecified atom stereocenters. The Labute approximate surface area is 133 Å². The molecule has 0 radical (unpaired) electrons. The van der Waals surface area contributed by atoms with Gasteiger partial charge in [0, 0.05) is 16.1 Å². The first-order valence-corrected chi connectivity index (χ1v) is 7.89. The number of nitrogens with one attached hydrogen (secondary N) is 1. The zero-order chi connectivity index (χ0) is 15.4. The van der Waals surface area contributed by atoms with Crippen LogP contribution in [0.4, 0.5) is 0 Å². The van der Waals surface area contributed by atoms with Crippen molar-refractivity contribution in [2.75, 3.05) is 7.11 Å². The minimum Gasteiger partial charge on any atom is -0.496 e. The van der Waals surface area contributed by atoms with E-state index in [1.54, 1.807) is 7.11 Å². The molecule has 112 valence electrons. The molecule has 1 atom stereocenters.